The van der Waals surface area contributed by atoms with Crippen molar-refractivity contribution in [2.75, 3.05) is 0 Å². The van der Waals surface area contributed by atoms with Crippen LogP contribution in [-0.2, 0) is 11.2 Å². The van der Waals surface area contributed by atoms with Gasteiger partial charge >= 0.3 is 5.97 Å². The van der Waals surface area contributed by atoms with E-state index in [-0.39, 0.29) is 12.2 Å². The minimum Gasteiger partial charge on any atom is -0.481 e. The molecule has 0 spiro atoms. The second kappa shape index (κ2) is 4.93. The number of thiazole rings is 1. The Bertz CT molecular complexity index is 553. The van der Waals surface area contributed by atoms with Gasteiger partial charge in [0.15, 0.2) is 3.92 Å². The third-order valence-corrected chi connectivity index (χ3v) is 3.69. The molecule has 1 aromatic heterocycles. The van der Waals surface area contributed by atoms with Gasteiger partial charge in [0.05, 0.1) is 17.0 Å². The normalized spacial score (nSPS) is 10.5. The number of carboxylic acid groups (broad SMARTS) is 1. The van der Waals surface area contributed by atoms with Crippen LogP contribution in [0.15, 0.2) is 28.2 Å². The highest BCUT2D eigenvalue weighted by molar-refractivity contribution is 9.11. The number of aliphatic carboxylic acids is 1. The van der Waals surface area contributed by atoms with E-state index < -0.39 is 5.97 Å². The van der Waals surface area contributed by atoms with Crippen molar-refractivity contribution in [2.45, 2.75) is 6.42 Å². The zero-order valence-corrected chi connectivity index (χ0v) is 10.9. The lowest BCUT2D eigenvalue weighted by molar-refractivity contribution is -0.136. The first kappa shape index (κ1) is 12.2. The van der Waals surface area contributed by atoms with Crippen molar-refractivity contribution in [3.8, 4) is 10.4 Å². The zero-order valence-electron chi connectivity index (χ0n) is 8.48. The fourth-order valence-corrected chi connectivity index (χ4v) is 2.93. The first-order valence-corrected chi connectivity index (χ1v) is 6.30. The van der Waals surface area contributed by atoms with Crippen molar-refractivity contribution in [3.05, 3.63) is 39.7 Å². The molecule has 0 amide bonds. The van der Waals surface area contributed by atoms with Crippen LogP contribution in [0.1, 0.15) is 5.69 Å². The number of hydrogen-bond acceptors (Lipinski definition) is 3. The number of aromatic nitrogens is 1. The Morgan fingerprint density at radius 2 is 2.06 bits per heavy atom. The molecule has 0 aliphatic heterocycles. The molecule has 1 aromatic carbocycles. The molecular weight excluding hydrogens is 309 g/mol. The SMILES string of the molecule is O=C(O)Cc1nc(Br)sc1-c1ccc(F)cc1. The fourth-order valence-electron chi connectivity index (χ4n) is 1.41. The van der Waals surface area contributed by atoms with Gasteiger partial charge in [0.1, 0.15) is 5.82 Å². The molecule has 0 unspecified atom stereocenters. The maximum atomic E-state index is 12.8. The van der Waals surface area contributed by atoms with Crippen LogP contribution in [0.2, 0.25) is 0 Å². The van der Waals surface area contributed by atoms with E-state index in [2.05, 4.69) is 20.9 Å². The lowest BCUT2D eigenvalue weighted by atomic mass is 10.1. The summed E-state index contributed by atoms with van der Waals surface area (Å²) >= 11 is 4.56. The maximum absolute atomic E-state index is 12.8. The Morgan fingerprint density at radius 3 is 2.65 bits per heavy atom. The number of benzene rings is 1. The van der Waals surface area contributed by atoms with Crippen LogP contribution in [0.4, 0.5) is 4.39 Å². The molecule has 2 rings (SSSR count). The zero-order chi connectivity index (χ0) is 12.4. The third-order valence-electron chi connectivity index (χ3n) is 2.10. The molecule has 0 bridgehead atoms. The van der Waals surface area contributed by atoms with Crippen molar-refractivity contribution in [2.24, 2.45) is 0 Å². The molecule has 17 heavy (non-hydrogen) atoms. The first-order chi connectivity index (χ1) is 8.06. The van der Waals surface area contributed by atoms with E-state index in [1.165, 1.54) is 23.5 Å². The van der Waals surface area contributed by atoms with Gasteiger partial charge in [0.2, 0.25) is 0 Å². The van der Waals surface area contributed by atoms with E-state index >= 15 is 0 Å². The Kier molecular flexibility index (Phi) is 3.54. The highest BCUT2D eigenvalue weighted by Crippen LogP contribution is 2.33. The van der Waals surface area contributed by atoms with E-state index in [4.69, 9.17) is 5.11 Å². The molecule has 0 atom stereocenters. The van der Waals surface area contributed by atoms with Gasteiger partial charge in [-0.2, -0.15) is 0 Å². The highest BCUT2D eigenvalue weighted by atomic mass is 79.9. The number of hydrogen-bond donors (Lipinski definition) is 1. The van der Waals surface area contributed by atoms with Crippen LogP contribution in [-0.4, -0.2) is 16.1 Å². The fraction of sp³-hybridized carbons (Fsp3) is 0.0909. The summed E-state index contributed by atoms with van der Waals surface area (Å²) in [5.74, 6) is -1.26. The monoisotopic (exact) mass is 315 g/mol. The summed E-state index contributed by atoms with van der Waals surface area (Å²) in [4.78, 5) is 15.6. The van der Waals surface area contributed by atoms with Gasteiger partial charge in [0.25, 0.3) is 0 Å². The minimum absolute atomic E-state index is 0.144. The lowest BCUT2D eigenvalue weighted by Crippen LogP contribution is -2.01. The Labute approximate surface area is 109 Å². The van der Waals surface area contributed by atoms with E-state index in [0.717, 1.165) is 10.4 Å². The second-order valence-electron chi connectivity index (χ2n) is 3.32. The van der Waals surface area contributed by atoms with Gasteiger partial charge in [-0.25, -0.2) is 9.37 Å². The van der Waals surface area contributed by atoms with Crippen molar-refractivity contribution in [3.63, 3.8) is 0 Å². The van der Waals surface area contributed by atoms with Crippen LogP contribution in [0, 0.1) is 5.82 Å². The number of carboxylic acids is 1. The van der Waals surface area contributed by atoms with Gasteiger partial charge in [-0.3, -0.25) is 4.79 Å². The number of nitrogens with zero attached hydrogens (tertiary/aromatic N) is 1. The van der Waals surface area contributed by atoms with Crippen LogP contribution < -0.4 is 0 Å². The summed E-state index contributed by atoms with van der Waals surface area (Å²) in [6, 6.07) is 5.91. The molecule has 0 aliphatic carbocycles. The van der Waals surface area contributed by atoms with Gasteiger partial charge in [0, 0.05) is 0 Å². The van der Waals surface area contributed by atoms with E-state index in [9.17, 15) is 9.18 Å². The summed E-state index contributed by atoms with van der Waals surface area (Å²) in [6.07, 6.45) is -0.144. The quantitative estimate of drug-likeness (QED) is 0.945. The summed E-state index contributed by atoms with van der Waals surface area (Å²) in [6.45, 7) is 0. The predicted molar refractivity (Wildman–Crippen MR) is 66.5 cm³/mol. The third kappa shape index (κ3) is 2.89. The van der Waals surface area contributed by atoms with Crippen LogP contribution in [0.25, 0.3) is 10.4 Å². The van der Waals surface area contributed by atoms with Crippen LogP contribution in [0.3, 0.4) is 0 Å². The molecule has 0 radical (unpaired) electrons. The van der Waals surface area contributed by atoms with Crippen LogP contribution >= 0.6 is 27.3 Å². The number of rotatable bonds is 3. The Morgan fingerprint density at radius 1 is 1.41 bits per heavy atom. The maximum Gasteiger partial charge on any atom is 0.309 e. The van der Waals surface area contributed by atoms with E-state index in [1.807, 2.05) is 0 Å². The Hall–Kier alpha value is -1.27. The molecule has 88 valence electrons. The van der Waals surface area contributed by atoms with Crippen molar-refractivity contribution in [1.82, 2.24) is 4.98 Å². The van der Waals surface area contributed by atoms with Gasteiger partial charge in [-0.1, -0.05) is 12.1 Å². The molecule has 2 aromatic rings. The summed E-state index contributed by atoms with van der Waals surface area (Å²) in [5.41, 5.74) is 1.26. The largest absolute Gasteiger partial charge is 0.481 e. The van der Waals surface area contributed by atoms with Gasteiger partial charge in [-0.15, -0.1) is 11.3 Å². The van der Waals surface area contributed by atoms with Crippen molar-refractivity contribution < 1.29 is 14.3 Å². The van der Waals surface area contributed by atoms with Crippen molar-refractivity contribution >= 4 is 33.2 Å². The molecule has 1 N–H and O–H groups in total. The van der Waals surface area contributed by atoms with Gasteiger partial charge in [-0.05, 0) is 33.6 Å². The van der Waals surface area contributed by atoms with E-state index in [0.29, 0.717) is 9.61 Å². The van der Waals surface area contributed by atoms with Crippen LogP contribution in [0.5, 0.6) is 0 Å². The first-order valence-electron chi connectivity index (χ1n) is 4.69. The Balaban J connectivity index is 2.43. The number of carbonyl (C=O) groups is 1. The van der Waals surface area contributed by atoms with Gasteiger partial charge < -0.3 is 5.11 Å². The highest BCUT2D eigenvalue weighted by Gasteiger charge is 2.14. The topological polar surface area (TPSA) is 50.2 Å². The summed E-state index contributed by atoms with van der Waals surface area (Å²) in [7, 11) is 0. The molecule has 0 saturated carbocycles. The summed E-state index contributed by atoms with van der Waals surface area (Å²) < 4.78 is 13.4. The van der Waals surface area contributed by atoms with Crippen molar-refractivity contribution in [1.29, 1.82) is 0 Å². The molecular formula is C11H7BrFNO2S. The molecule has 3 nitrogen and oxygen atoms in total. The average Bonchev–Trinajstić information content (AvgIpc) is 2.59. The molecule has 1 heterocycles. The molecule has 6 heteroatoms. The minimum atomic E-state index is -0.939. The number of halogens is 2. The molecule has 0 fully saturated rings. The standard InChI is InChI=1S/C11H7BrFNO2S/c12-11-14-8(5-9(15)16)10(17-11)6-1-3-7(13)4-2-6/h1-4H,5H2,(H,15,16). The molecule has 0 aliphatic rings. The lowest BCUT2D eigenvalue weighted by Gasteiger charge is -1.99. The van der Waals surface area contributed by atoms with E-state index in [1.54, 1.807) is 12.1 Å². The smallest absolute Gasteiger partial charge is 0.309 e. The second-order valence-corrected chi connectivity index (χ2v) is 5.60. The molecule has 0 saturated heterocycles. The average molecular weight is 316 g/mol. The summed E-state index contributed by atoms with van der Waals surface area (Å²) in [5, 5.41) is 8.78. The predicted octanol–water partition coefficient (Wildman–Crippen LogP) is 3.34.